The number of hydrogen-bond donors (Lipinski definition) is 1. The molecule has 1 heteroatoms. The highest BCUT2D eigenvalue weighted by Gasteiger charge is 2.19. The van der Waals surface area contributed by atoms with E-state index in [1.807, 2.05) is 6.92 Å². The molecular formula is C16H26O. The molecule has 0 aliphatic rings. The molecule has 3 unspecified atom stereocenters. The summed E-state index contributed by atoms with van der Waals surface area (Å²) in [5.74, 6) is 0.680. The van der Waals surface area contributed by atoms with Crippen LogP contribution in [0.25, 0.3) is 0 Å². The first kappa shape index (κ1) is 14.2. The van der Waals surface area contributed by atoms with Crippen molar-refractivity contribution < 1.29 is 5.11 Å². The Morgan fingerprint density at radius 1 is 0.941 bits per heavy atom. The minimum atomic E-state index is -0.257. The molecule has 1 nitrogen and oxygen atoms in total. The second-order valence-corrected chi connectivity index (χ2v) is 6.26. The van der Waals surface area contributed by atoms with E-state index in [0.29, 0.717) is 5.92 Å². The summed E-state index contributed by atoms with van der Waals surface area (Å²) in [6.45, 7) is 12.8. The van der Waals surface area contributed by atoms with Crippen LogP contribution in [0.4, 0.5) is 0 Å². The molecule has 0 amide bonds. The Morgan fingerprint density at radius 2 is 1.41 bits per heavy atom. The van der Waals surface area contributed by atoms with Gasteiger partial charge in [0.15, 0.2) is 0 Å². The lowest BCUT2D eigenvalue weighted by atomic mass is 9.82. The summed E-state index contributed by atoms with van der Waals surface area (Å²) in [7, 11) is 0. The van der Waals surface area contributed by atoms with E-state index < -0.39 is 0 Å². The third-order valence-corrected chi connectivity index (χ3v) is 3.85. The summed E-state index contributed by atoms with van der Waals surface area (Å²) in [6.07, 6.45) is -0.257. The largest absolute Gasteiger partial charge is 0.393 e. The third-order valence-electron chi connectivity index (χ3n) is 3.85. The lowest BCUT2D eigenvalue weighted by Crippen LogP contribution is -2.19. The van der Waals surface area contributed by atoms with E-state index in [-0.39, 0.29) is 17.4 Å². The minimum Gasteiger partial charge on any atom is -0.393 e. The van der Waals surface area contributed by atoms with Gasteiger partial charge in [0.25, 0.3) is 0 Å². The van der Waals surface area contributed by atoms with Crippen LogP contribution in [0, 0.1) is 5.92 Å². The molecule has 1 aromatic carbocycles. The minimum absolute atomic E-state index is 0.206. The zero-order valence-electron chi connectivity index (χ0n) is 12.0. The van der Waals surface area contributed by atoms with Crippen molar-refractivity contribution in [3.63, 3.8) is 0 Å². The van der Waals surface area contributed by atoms with Crippen LogP contribution in [-0.4, -0.2) is 11.2 Å². The van der Waals surface area contributed by atoms with Crippen molar-refractivity contribution in [1.29, 1.82) is 0 Å². The fraction of sp³-hybridized carbons (Fsp3) is 0.625. The number of benzene rings is 1. The maximum absolute atomic E-state index is 9.64. The van der Waals surface area contributed by atoms with Crippen LogP contribution in [0.3, 0.4) is 0 Å². The third kappa shape index (κ3) is 3.57. The van der Waals surface area contributed by atoms with Crippen LogP contribution in [0.15, 0.2) is 24.3 Å². The Balaban J connectivity index is 2.88. The highest BCUT2D eigenvalue weighted by atomic mass is 16.3. The second-order valence-electron chi connectivity index (χ2n) is 6.26. The van der Waals surface area contributed by atoms with Crippen molar-refractivity contribution in [2.24, 2.45) is 5.92 Å². The average molecular weight is 234 g/mol. The topological polar surface area (TPSA) is 20.2 Å². The van der Waals surface area contributed by atoms with Crippen molar-refractivity contribution >= 4 is 0 Å². The van der Waals surface area contributed by atoms with E-state index in [1.54, 1.807) is 0 Å². The number of hydrogen-bond acceptors (Lipinski definition) is 1. The smallest absolute Gasteiger partial charge is 0.0543 e. The van der Waals surface area contributed by atoms with E-state index in [4.69, 9.17) is 0 Å². The Bertz CT molecular complexity index is 343. The molecule has 0 saturated heterocycles. The van der Waals surface area contributed by atoms with Crippen LogP contribution in [0.1, 0.15) is 58.6 Å². The highest BCUT2D eigenvalue weighted by Crippen LogP contribution is 2.29. The molecule has 17 heavy (non-hydrogen) atoms. The number of rotatable bonds is 3. The molecule has 1 aromatic rings. The fourth-order valence-corrected chi connectivity index (χ4v) is 2.01. The van der Waals surface area contributed by atoms with Gasteiger partial charge < -0.3 is 5.11 Å². The Hall–Kier alpha value is -0.820. The van der Waals surface area contributed by atoms with Crippen molar-refractivity contribution in [2.45, 2.75) is 59.0 Å². The molecule has 0 heterocycles. The van der Waals surface area contributed by atoms with E-state index >= 15 is 0 Å². The first-order valence-electron chi connectivity index (χ1n) is 6.52. The summed E-state index contributed by atoms with van der Waals surface area (Å²) in [5.41, 5.74) is 2.88. The SMILES string of the molecule is CC(O)C(C)C(C)c1ccc(C(C)(C)C)cc1. The number of aliphatic hydroxyl groups is 1. The monoisotopic (exact) mass is 234 g/mol. The molecular weight excluding hydrogens is 208 g/mol. The molecule has 0 aliphatic carbocycles. The van der Waals surface area contributed by atoms with Gasteiger partial charge in [-0.3, -0.25) is 0 Å². The lowest BCUT2D eigenvalue weighted by Gasteiger charge is -2.24. The molecule has 1 rings (SSSR count). The molecule has 96 valence electrons. The second kappa shape index (κ2) is 5.22. The molecule has 0 aliphatic heterocycles. The van der Waals surface area contributed by atoms with Gasteiger partial charge in [0.05, 0.1) is 6.10 Å². The molecule has 3 atom stereocenters. The first-order valence-corrected chi connectivity index (χ1v) is 6.52. The van der Waals surface area contributed by atoms with Gasteiger partial charge in [-0.05, 0) is 35.3 Å². The summed E-state index contributed by atoms with van der Waals surface area (Å²) >= 11 is 0. The van der Waals surface area contributed by atoms with Crippen LogP contribution < -0.4 is 0 Å². The van der Waals surface area contributed by atoms with Crippen LogP contribution in [-0.2, 0) is 5.41 Å². The van der Waals surface area contributed by atoms with Crippen molar-refractivity contribution in [1.82, 2.24) is 0 Å². The Labute approximate surface area is 106 Å². The number of aliphatic hydroxyl groups excluding tert-OH is 1. The molecule has 0 fully saturated rings. The van der Waals surface area contributed by atoms with Gasteiger partial charge in [-0.2, -0.15) is 0 Å². The fourth-order valence-electron chi connectivity index (χ4n) is 2.01. The van der Waals surface area contributed by atoms with Gasteiger partial charge in [-0.15, -0.1) is 0 Å². The lowest BCUT2D eigenvalue weighted by molar-refractivity contribution is 0.122. The molecule has 0 saturated carbocycles. The van der Waals surface area contributed by atoms with Crippen molar-refractivity contribution in [3.05, 3.63) is 35.4 Å². The van der Waals surface area contributed by atoms with Gasteiger partial charge in [0, 0.05) is 0 Å². The van der Waals surface area contributed by atoms with Gasteiger partial charge in [0.2, 0.25) is 0 Å². The maximum Gasteiger partial charge on any atom is 0.0543 e. The molecule has 0 bridgehead atoms. The predicted molar refractivity (Wildman–Crippen MR) is 74.4 cm³/mol. The predicted octanol–water partition coefficient (Wildman–Crippen LogP) is 4.10. The van der Waals surface area contributed by atoms with Crippen molar-refractivity contribution in [3.8, 4) is 0 Å². The standard InChI is InChI=1S/C16H26O/c1-11(13(3)17)12(2)14-7-9-15(10-8-14)16(4,5)6/h7-13,17H,1-6H3. The summed E-state index contributed by atoms with van der Waals surface area (Å²) in [6, 6.07) is 8.81. The summed E-state index contributed by atoms with van der Waals surface area (Å²) in [5, 5.41) is 9.64. The normalized spacial score (nSPS) is 17.6. The van der Waals surface area contributed by atoms with Gasteiger partial charge in [-0.1, -0.05) is 58.9 Å². The Kier molecular flexibility index (Phi) is 4.37. The Morgan fingerprint density at radius 3 is 1.76 bits per heavy atom. The molecule has 1 N–H and O–H groups in total. The first-order chi connectivity index (χ1) is 7.73. The van der Waals surface area contributed by atoms with Crippen LogP contribution >= 0.6 is 0 Å². The van der Waals surface area contributed by atoms with Crippen molar-refractivity contribution in [2.75, 3.05) is 0 Å². The van der Waals surface area contributed by atoms with E-state index in [1.165, 1.54) is 11.1 Å². The average Bonchev–Trinajstić information content (AvgIpc) is 2.26. The molecule has 0 radical (unpaired) electrons. The zero-order valence-corrected chi connectivity index (χ0v) is 12.0. The zero-order chi connectivity index (χ0) is 13.2. The van der Waals surface area contributed by atoms with E-state index in [9.17, 15) is 5.11 Å². The maximum atomic E-state index is 9.64. The molecule has 0 spiro atoms. The quantitative estimate of drug-likeness (QED) is 0.834. The summed E-state index contributed by atoms with van der Waals surface area (Å²) in [4.78, 5) is 0. The van der Waals surface area contributed by atoms with E-state index in [2.05, 4.69) is 58.9 Å². The highest BCUT2D eigenvalue weighted by molar-refractivity contribution is 5.29. The van der Waals surface area contributed by atoms with Crippen LogP contribution in [0.2, 0.25) is 0 Å². The van der Waals surface area contributed by atoms with Crippen LogP contribution in [0.5, 0.6) is 0 Å². The summed E-state index contributed by atoms with van der Waals surface area (Å²) < 4.78 is 0. The van der Waals surface area contributed by atoms with Gasteiger partial charge >= 0.3 is 0 Å². The van der Waals surface area contributed by atoms with E-state index in [0.717, 1.165) is 0 Å². The molecule has 0 aromatic heterocycles. The van der Waals surface area contributed by atoms with Gasteiger partial charge in [0.1, 0.15) is 0 Å². The van der Waals surface area contributed by atoms with Gasteiger partial charge in [-0.25, -0.2) is 0 Å².